The fraction of sp³-hybridized carbons (Fsp3) is 0.571. The van der Waals surface area contributed by atoms with Gasteiger partial charge in [-0.25, -0.2) is 4.39 Å². The maximum atomic E-state index is 13.5. The molecule has 3 rings (SSSR count). The van der Waals surface area contributed by atoms with Gasteiger partial charge in [-0.1, -0.05) is 6.92 Å². The average molecular weight is 313 g/mol. The molecule has 1 spiro atoms. The zero-order valence-corrected chi connectivity index (χ0v) is 12.1. The molecule has 0 aromatic heterocycles. The molecule has 1 heterocycles. The molecule has 1 aromatic carbocycles. The second kappa shape index (κ2) is 4.41. The van der Waals surface area contributed by atoms with Gasteiger partial charge in [-0.2, -0.15) is 0 Å². The van der Waals surface area contributed by atoms with Gasteiger partial charge in [0.05, 0.1) is 21.4 Å². The van der Waals surface area contributed by atoms with Crippen LogP contribution in [-0.2, 0) is 0 Å². The predicted molar refractivity (Wildman–Crippen MR) is 76.6 cm³/mol. The molecule has 4 heteroatoms. The summed E-state index contributed by atoms with van der Waals surface area (Å²) in [6.07, 6.45) is 4.92. The van der Waals surface area contributed by atoms with E-state index in [4.69, 9.17) is 0 Å². The van der Waals surface area contributed by atoms with Crippen molar-refractivity contribution in [3.8, 4) is 0 Å². The van der Waals surface area contributed by atoms with E-state index in [1.54, 1.807) is 6.07 Å². The number of hydrogen-bond donors (Lipinski definition) is 2. The number of hydrogen-bond acceptors (Lipinski definition) is 2. The molecule has 0 unspecified atom stereocenters. The van der Waals surface area contributed by atoms with Gasteiger partial charge in [0.25, 0.3) is 0 Å². The van der Waals surface area contributed by atoms with Crippen molar-refractivity contribution in [1.29, 1.82) is 0 Å². The van der Waals surface area contributed by atoms with E-state index in [0.717, 1.165) is 23.8 Å². The highest BCUT2D eigenvalue weighted by Gasteiger charge is 2.37. The summed E-state index contributed by atoms with van der Waals surface area (Å²) in [7, 11) is 0. The topological polar surface area (TPSA) is 24.1 Å². The summed E-state index contributed by atoms with van der Waals surface area (Å²) in [6, 6.07) is 3.40. The molecule has 0 bridgehead atoms. The van der Waals surface area contributed by atoms with Crippen LogP contribution in [0.2, 0.25) is 0 Å². The second-order valence-electron chi connectivity index (χ2n) is 5.75. The maximum absolute atomic E-state index is 13.5. The van der Waals surface area contributed by atoms with E-state index in [1.165, 1.54) is 25.7 Å². The van der Waals surface area contributed by atoms with Crippen LogP contribution in [0, 0.1) is 11.7 Å². The van der Waals surface area contributed by atoms with Gasteiger partial charge < -0.3 is 10.6 Å². The molecule has 0 amide bonds. The van der Waals surface area contributed by atoms with Crippen molar-refractivity contribution in [3.63, 3.8) is 0 Å². The lowest BCUT2D eigenvalue weighted by atomic mass is 9.76. The first-order valence-corrected chi connectivity index (χ1v) is 7.38. The molecule has 1 fully saturated rings. The van der Waals surface area contributed by atoms with Crippen molar-refractivity contribution in [2.45, 2.75) is 38.1 Å². The van der Waals surface area contributed by atoms with Gasteiger partial charge in [0.2, 0.25) is 0 Å². The summed E-state index contributed by atoms with van der Waals surface area (Å²) in [5.41, 5.74) is 2.06. The third-order valence-electron chi connectivity index (χ3n) is 4.31. The van der Waals surface area contributed by atoms with Crippen LogP contribution >= 0.6 is 15.9 Å². The smallest absolute Gasteiger partial charge is 0.139 e. The maximum Gasteiger partial charge on any atom is 0.139 e. The van der Waals surface area contributed by atoms with Crippen LogP contribution in [-0.4, -0.2) is 12.1 Å². The van der Waals surface area contributed by atoms with E-state index in [2.05, 4.69) is 33.5 Å². The van der Waals surface area contributed by atoms with Gasteiger partial charge in [-0.05, 0) is 53.6 Å². The lowest BCUT2D eigenvalue weighted by molar-refractivity contribution is 0.274. The van der Waals surface area contributed by atoms with Crippen molar-refractivity contribution in [1.82, 2.24) is 0 Å². The highest BCUT2D eigenvalue weighted by Crippen LogP contribution is 2.41. The van der Waals surface area contributed by atoms with E-state index in [0.29, 0.717) is 4.47 Å². The molecule has 1 saturated carbocycles. The molecular formula is C14H18BrFN2. The third-order valence-corrected chi connectivity index (χ3v) is 4.92. The van der Waals surface area contributed by atoms with Crippen LogP contribution in [0.25, 0.3) is 0 Å². The van der Waals surface area contributed by atoms with Crippen molar-refractivity contribution < 1.29 is 4.39 Å². The van der Waals surface area contributed by atoms with E-state index in [1.807, 2.05) is 6.07 Å². The first-order chi connectivity index (χ1) is 8.58. The normalized spacial score (nSPS) is 30.5. The lowest BCUT2D eigenvalue weighted by Crippen LogP contribution is -2.50. The summed E-state index contributed by atoms with van der Waals surface area (Å²) >= 11 is 3.25. The Kier molecular flexibility index (Phi) is 3.00. The number of halogens is 2. The Morgan fingerprint density at radius 3 is 2.72 bits per heavy atom. The molecular weight excluding hydrogens is 295 g/mol. The van der Waals surface area contributed by atoms with Crippen LogP contribution in [0.4, 0.5) is 15.8 Å². The summed E-state index contributed by atoms with van der Waals surface area (Å²) < 4.78 is 14.0. The predicted octanol–water partition coefficient (Wildman–Crippen LogP) is 4.37. The summed E-state index contributed by atoms with van der Waals surface area (Å²) in [6.45, 7) is 3.22. The first-order valence-electron chi connectivity index (χ1n) is 6.59. The van der Waals surface area contributed by atoms with E-state index in [9.17, 15) is 4.39 Å². The standard InChI is InChI=1S/C14H18BrFN2/c1-9-2-4-14(5-3-9)8-17-12-7-11(16)10(15)6-13(12)18-14/h6-7,9,17-18H,2-5,8H2,1H3. The largest absolute Gasteiger partial charge is 0.381 e. The van der Waals surface area contributed by atoms with Gasteiger partial charge in [-0.3, -0.25) is 0 Å². The van der Waals surface area contributed by atoms with Crippen LogP contribution in [0.1, 0.15) is 32.6 Å². The summed E-state index contributed by atoms with van der Waals surface area (Å²) in [4.78, 5) is 0. The molecule has 98 valence electrons. The van der Waals surface area contributed by atoms with E-state index in [-0.39, 0.29) is 11.4 Å². The van der Waals surface area contributed by atoms with Crippen molar-refractivity contribution in [2.75, 3.05) is 17.2 Å². The zero-order chi connectivity index (χ0) is 12.8. The fourth-order valence-electron chi connectivity index (χ4n) is 3.01. The van der Waals surface area contributed by atoms with E-state index >= 15 is 0 Å². The van der Waals surface area contributed by atoms with Crippen LogP contribution in [0.3, 0.4) is 0 Å². The lowest BCUT2D eigenvalue weighted by Gasteiger charge is -2.44. The van der Waals surface area contributed by atoms with Gasteiger partial charge in [0, 0.05) is 12.6 Å². The Bertz CT molecular complexity index is 467. The van der Waals surface area contributed by atoms with Crippen LogP contribution in [0.5, 0.6) is 0 Å². The number of benzene rings is 1. The number of rotatable bonds is 0. The molecule has 1 aliphatic heterocycles. The molecule has 0 atom stereocenters. The Balaban J connectivity index is 1.86. The molecule has 2 N–H and O–H groups in total. The number of nitrogens with one attached hydrogen (secondary N) is 2. The minimum absolute atomic E-state index is 0.163. The van der Waals surface area contributed by atoms with E-state index < -0.39 is 0 Å². The highest BCUT2D eigenvalue weighted by molar-refractivity contribution is 9.10. The first kappa shape index (κ1) is 12.3. The highest BCUT2D eigenvalue weighted by atomic mass is 79.9. The van der Waals surface area contributed by atoms with Gasteiger partial charge >= 0.3 is 0 Å². The van der Waals surface area contributed by atoms with Gasteiger partial charge in [0.15, 0.2) is 0 Å². The average Bonchev–Trinajstić information content (AvgIpc) is 2.36. The fourth-order valence-corrected chi connectivity index (χ4v) is 3.35. The minimum atomic E-state index is -0.212. The Morgan fingerprint density at radius 1 is 1.28 bits per heavy atom. The molecule has 0 radical (unpaired) electrons. The third kappa shape index (κ3) is 2.11. The summed E-state index contributed by atoms with van der Waals surface area (Å²) in [5.74, 6) is 0.620. The summed E-state index contributed by atoms with van der Waals surface area (Å²) in [5, 5.41) is 7.02. The molecule has 2 aliphatic rings. The van der Waals surface area contributed by atoms with Crippen molar-refractivity contribution in [3.05, 3.63) is 22.4 Å². The zero-order valence-electron chi connectivity index (χ0n) is 10.5. The van der Waals surface area contributed by atoms with Crippen molar-refractivity contribution >= 4 is 27.3 Å². The monoisotopic (exact) mass is 312 g/mol. The molecule has 1 aliphatic carbocycles. The second-order valence-corrected chi connectivity index (χ2v) is 6.61. The Labute approximate surface area is 115 Å². The van der Waals surface area contributed by atoms with Gasteiger partial charge in [0.1, 0.15) is 5.82 Å². The SMILES string of the molecule is CC1CCC2(CC1)CNc1cc(F)c(Br)cc1N2. The number of fused-ring (bicyclic) bond motifs is 1. The minimum Gasteiger partial charge on any atom is -0.381 e. The molecule has 18 heavy (non-hydrogen) atoms. The van der Waals surface area contributed by atoms with Gasteiger partial charge in [-0.15, -0.1) is 0 Å². The Hall–Kier alpha value is -0.770. The quantitative estimate of drug-likeness (QED) is 0.743. The van der Waals surface area contributed by atoms with Crippen LogP contribution in [0.15, 0.2) is 16.6 Å². The Morgan fingerprint density at radius 2 is 2.00 bits per heavy atom. The van der Waals surface area contributed by atoms with Crippen molar-refractivity contribution in [2.24, 2.45) is 5.92 Å². The van der Waals surface area contributed by atoms with Crippen LogP contribution < -0.4 is 10.6 Å². The number of anilines is 2. The molecule has 2 nitrogen and oxygen atoms in total. The molecule has 1 aromatic rings. The molecule has 0 saturated heterocycles.